The molecule has 0 saturated heterocycles. The van der Waals surface area contributed by atoms with E-state index in [9.17, 15) is 9.18 Å². The fraction of sp³-hybridized carbons (Fsp3) is 0.231. The summed E-state index contributed by atoms with van der Waals surface area (Å²) in [5.41, 5.74) is 1.37. The van der Waals surface area contributed by atoms with Gasteiger partial charge in [-0.25, -0.2) is 4.39 Å². The Morgan fingerprint density at radius 2 is 2.22 bits per heavy atom. The van der Waals surface area contributed by atoms with Crippen LogP contribution in [0.2, 0.25) is 0 Å². The van der Waals surface area contributed by atoms with E-state index in [-0.39, 0.29) is 10.3 Å². The summed E-state index contributed by atoms with van der Waals surface area (Å²) in [5, 5.41) is 4.04. The lowest BCUT2D eigenvalue weighted by atomic mass is 10.1. The number of hydrogen-bond acceptors (Lipinski definition) is 2. The predicted octanol–water partition coefficient (Wildman–Crippen LogP) is 3.14. The second-order valence-electron chi connectivity index (χ2n) is 3.97. The highest BCUT2D eigenvalue weighted by molar-refractivity contribution is 9.10. The van der Waals surface area contributed by atoms with Crippen molar-refractivity contribution in [2.75, 3.05) is 0 Å². The summed E-state index contributed by atoms with van der Waals surface area (Å²) in [6.45, 7) is 0. The molecule has 0 aliphatic carbocycles. The number of carbonyl (C=O) groups excluding carboxylic acids is 1. The van der Waals surface area contributed by atoms with Crippen molar-refractivity contribution in [2.24, 2.45) is 7.05 Å². The molecule has 2 aromatic rings. The molecule has 0 unspecified atom stereocenters. The van der Waals surface area contributed by atoms with Gasteiger partial charge in [0, 0.05) is 30.9 Å². The monoisotopic (exact) mass is 310 g/mol. The lowest BCUT2D eigenvalue weighted by Gasteiger charge is -2.05. The molecule has 5 heteroatoms. The average Bonchev–Trinajstić information content (AvgIpc) is 2.75. The molecule has 94 valence electrons. The normalized spacial score (nSPS) is 10.6. The molecule has 1 aromatic heterocycles. The van der Waals surface area contributed by atoms with Crippen LogP contribution in [0.15, 0.2) is 34.9 Å². The molecule has 0 atom stereocenters. The first kappa shape index (κ1) is 13.0. The average molecular weight is 311 g/mol. The van der Waals surface area contributed by atoms with Crippen molar-refractivity contribution in [1.29, 1.82) is 0 Å². The van der Waals surface area contributed by atoms with Crippen LogP contribution in [-0.4, -0.2) is 15.6 Å². The van der Waals surface area contributed by atoms with Gasteiger partial charge in [0.15, 0.2) is 5.78 Å². The topological polar surface area (TPSA) is 34.9 Å². The van der Waals surface area contributed by atoms with Gasteiger partial charge in [0.05, 0.1) is 4.47 Å². The zero-order valence-electron chi connectivity index (χ0n) is 9.86. The van der Waals surface area contributed by atoms with Crippen LogP contribution in [0.3, 0.4) is 0 Å². The maximum atomic E-state index is 13.3. The lowest BCUT2D eigenvalue weighted by Crippen LogP contribution is -2.06. The largest absolute Gasteiger partial charge is 0.294 e. The Kier molecular flexibility index (Phi) is 3.91. The molecule has 0 bridgehead atoms. The van der Waals surface area contributed by atoms with Crippen molar-refractivity contribution in [2.45, 2.75) is 12.8 Å². The molecule has 0 aliphatic rings. The van der Waals surface area contributed by atoms with Gasteiger partial charge in [-0.15, -0.1) is 0 Å². The van der Waals surface area contributed by atoms with Crippen LogP contribution in [0.1, 0.15) is 22.5 Å². The summed E-state index contributed by atoms with van der Waals surface area (Å²) >= 11 is 3.10. The van der Waals surface area contributed by atoms with Crippen molar-refractivity contribution >= 4 is 21.7 Å². The number of ketones is 1. The summed E-state index contributed by atoms with van der Waals surface area (Å²) in [6, 6.07) is 6.35. The second-order valence-corrected chi connectivity index (χ2v) is 4.76. The van der Waals surface area contributed by atoms with E-state index in [1.165, 1.54) is 12.1 Å². The summed E-state index contributed by atoms with van der Waals surface area (Å²) < 4.78 is 15.3. The molecule has 0 spiro atoms. The number of benzene rings is 1. The fourth-order valence-corrected chi connectivity index (χ4v) is 2.23. The van der Waals surface area contributed by atoms with E-state index in [4.69, 9.17) is 0 Å². The van der Waals surface area contributed by atoms with Crippen LogP contribution in [-0.2, 0) is 13.5 Å². The minimum atomic E-state index is -0.415. The molecular weight excluding hydrogens is 299 g/mol. The third kappa shape index (κ3) is 2.67. The van der Waals surface area contributed by atoms with E-state index < -0.39 is 5.82 Å². The van der Waals surface area contributed by atoms with E-state index in [2.05, 4.69) is 21.0 Å². The summed E-state index contributed by atoms with van der Waals surface area (Å²) in [7, 11) is 1.83. The number of aryl methyl sites for hydroxylation is 2. The number of rotatable bonds is 4. The molecule has 0 fully saturated rings. The smallest absolute Gasteiger partial charge is 0.164 e. The first-order valence-corrected chi connectivity index (χ1v) is 6.33. The highest BCUT2D eigenvalue weighted by Gasteiger charge is 2.13. The fourth-order valence-electron chi connectivity index (χ4n) is 1.74. The standard InChI is InChI=1S/C13H12BrFN2O/c1-17-9(7-8-16-17)5-6-12(18)10-3-2-4-11(15)13(10)14/h2-4,7-8H,5-6H2,1H3. The molecule has 0 aliphatic heterocycles. The summed E-state index contributed by atoms with van der Waals surface area (Å²) in [6.07, 6.45) is 2.62. The number of carbonyl (C=O) groups is 1. The lowest BCUT2D eigenvalue weighted by molar-refractivity contribution is 0.0981. The van der Waals surface area contributed by atoms with Gasteiger partial charge < -0.3 is 0 Å². The van der Waals surface area contributed by atoms with Crippen molar-refractivity contribution in [3.05, 3.63) is 52.0 Å². The molecule has 0 saturated carbocycles. The first-order valence-electron chi connectivity index (χ1n) is 5.53. The van der Waals surface area contributed by atoms with Gasteiger partial charge in [-0.2, -0.15) is 5.10 Å². The summed E-state index contributed by atoms with van der Waals surface area (Å²) in [4.78, 5) is 12.0. The molecule has 0 N–H and O–H groups in total. The van der Waals surface area contributed by atoms with E-state index >= 15 is 0 Å². The molecule has 18 heavy (non-hydrogen) atoms. The Hall–Kier alpha value is -1.49. The van der Waals surface area contributed by atoms with Crippen LogP contribution in [0.5, 0.6) is 0 Å². The Morgan fingerprint density at radius 1 is 1.44 bits per heavy atom. The number of halogens is 2. The van der Waals surface area contributed by atoms with Crippen molar-refractivity contribution in [1.82, 2.24) is 9.78 Å². The zero-order valence-corrected chi connectivity index (χ0v) is 11.4. The number of nitrogens with zero attached hydrogens (tertiary/aromatic N) is 2. The second kappa shape index (κ2) is 5.44. The van der Waals surface area contributed by atoms with Crippen molar-refractivity contribution in [3.8, 4) is 0 Å². The van der Waals surface area contributed by atoms with Gasteiger partial charge in [-0.3, -0.25) is 9.48 Å². The van der Waals surface area contributed by atoms with Gasteiger partial charge in [0.1, 0.15) is 5.82 Å². The van der Waals surface area contributed by atoms with Crippen LogP contribution >= 0.6 is 15.9 Å². The third-order valence-corrected chi connectivity index (χ3v) is 3.59. The molecule has 0 amide bonds. The van der Waals surface area contributed by atoms with Crippen molar-refractivity contribution in [3.63, 3.8) is 0 Å². The Labute approximate surface area is 113 Å². The zero-order chi connectivity index (χ0) is 13.1. The quantitative estimate of drug-likeness (QED) is 0.813. The van der Waals surface area contributed by atoms with E-state index in [0.29, 0.717) is 18.4 Å². The van der Waals surface area contributed by atoms with Crippen LogP contribution in [0.25, 0.3) is 0 Å². The highest BCUT2D eigenvalue weighted by atomic mass is 79.9. The van der Waals surface area contributed by atoms with Gasteiger partial charge in [0.25, 0.3) is 0 Å². The molecule has 1 heterocycles. The molecule has 0 radical (unpaired) electrons. The van der Waals surface area contributed by atoms with E-state index in [1.807, 2.05) is 13.1 Å². The maximum Gasteiger partial charge on any atom is 0.164 e. The van der Waals surface area contributed by atoms with Crippen molar-refractivity contribution < 1.29 is 9.18 Å². The first-order chi connectivity index (χ1) is 8.59. The Bertz CT molecular complexity index is 580. The molecular formula is C13H12BrFN2O. The highest BCUT2D eigenvalue weighted by Crippen LogP contribution is 2.22. The Morgan fingerprint density at radius 3 is 2.89 bits per heavy atom. The van der Waals surface area contributed by atoms with E-state index in [0.717, 1.165) is 5.69 Å². The number of hydrogen-bond donors (Lipinski definition) is 0. The van der Waals surface area contributed by atoms with Crippen LogP contribution in [0.4, 0.5) is 4.39 Å². The SMILES string of the molecule is Cn1nccc1CCC(=O)c1cccc(F)c1Br. The minimum absolute atomic E-state index is 0.0809. The minimum Gasteiger partial charge on any atom is -0.294 e. The van der Waals surface area contributed by atoms with Gasteiger partial charge in [-0.05, 0) is 34.5 Å². The van der Waals surface area contributed by atoms with Gasteiger partial charge in [-0.1, -0.05) is 12.1 Å². The van der Waals surface area contributed by atoms with Gasteiger partial charge in [0.2, 0.25) is 0 Å². The molecule has 3 nitrogen and oxygen atoms in total. The molecule has 1 aromatic carbocycles. The van der Waals surface area contributed by atoms with Crippen LogP contribution in [0, 0.1) is 5.82 Å². The van der Waals surface area contributed by atoms with E-state index in [1.54, 1.807) is 16.9 Å². The predicted molar refractivity (Wildman–Crippen MR) is 70.0 cm³/mol. The maximum absolute atomic E-state index is 13.3. The third-order valence-electron chi connectivity index (χ3n) is 2.78. The number of aromatic nitrogens is 2. The summed E-state index contributed by atoms with van der Waals surface area (Å²) in [5.74, 6) is -0.496. The molecule has 2 rings (SSSR count). The number of Topliss-reactive ketones (excluding diaryl/α,β-unsaturated/α-hetero) is 1. The Balaban J connectivity index is 2.09. The van der Waals surface area contributed by atoms with Gasteiger partial charge >= 0.3 is 0 Å². The van der Waals surface area contributed by atoms with Crippen LogP contribution < -0.4 is 0 Å².